The van der Waals surface area contributed by atoms with E-state index in [1.54, 1.807) is 12.1 Å². The Labute approximate surface area is 125 Å². The van der Waals surface area contributed by atoms with E-state index >= 15 is 0 Å². The number of hydrogen-bond acceptors (Lipinski definition) is 2. The number of carboxylic acid groups (broad SMARTS) is 1. The van der Waals surface area contributed by atoms with Crippen molar-refractivity contribution in [2.45, 2.75) is 25.3 Å². The van der Waals surface area contributed by atoms with Gasteiger partial charge in [-0.2, -0.15) is 0 Å². The highest BCUT2D eigenvalue weighted by molar-refractivity contribution is 9.10. The van der Waals surface area contributed by atoms with Gasteiger partial charge in [-0.15, -0.1) is 0 Å². The predicted molar refractivity (Wildman–Crippen MR) is 77.4 cm³/mol. The highest BCUT2D eigenvalue weighted by Gasteiger charge is 2.51. The van der Waals surface area contributed by atoms with Crippen LogP contribution in [-0.4, -0.2) is 23.0 Å². The van der Waals surface area contributed by atoms with Crippen LogP contribution in [0, 0.1) is 17.8 Å². The van der Waals surface area contributed by atoms with Gasteiger partial charge in [0.1, 0.15) is 0 Å². The van der Waals surface area contributed by atoms with Gasteiger partial charge in [0.15, 0.2) is 0 Å². The molecule has 1 aromatic carbocycles. The summed E-state index contributed by atoms with van der Waals surface area (Å²) in [6, 6.07) is 6.88. The summed E-state index contributed by atoms with van der Waals surface area (Å²) in [5.41, 5.74) is 0.570. The summed E-state index contributed by atoms with van der Waals surface area (Å²) in [5.74, 6) is -0.832. The second kappa shape index (κ2) is 5.20. The highest BCUT2D eigenvalue weighted by Crippen LogP contribution is 2.48. The number of hydrogen-bond donors (Lipinski definition) is 2. The minimum Gasteiger partial charge on any atom is -0.481 e. The molecule has 2 aliphatic carbocycles. The SMILES string of the molecule is O=C(NC1C2CCC(C2)C1C(=O)O)c1ccc(Br)cc1. The van der Waals surface area contributed by atoms with Crippen LogP contribution in [0.15, 0.2) is 28.7 Å². The van der Waals surface area contributed by atoms with Gasteiger partial charge in [0.05, 0.1) is 5.92 Å². The van der Waals surface area contributed by atoms with E-state index in [0.717, 1.165) is 23.7 Å². The maximum absolute atomic E-state index is 12.2. The predicted octanol–water partition coefficient (Wildman–Crippen LogP) is 2.68. The fourth-order valence-corrected chi connectivity index (χ4v) is 3.95. The molecule has 0 heterocycles. The molecule has 1 aromatic rings. The van der Waals surface area contributed by atoms with Crippen LogP contribution in [0.1, 0.15) is 29.6 Å². The Kier molecular flexibility index (Phi) is 3.54. The molecule has 2 bridgehead atoms. The monoisotopic (exact) mass is 337 g/mol. The molecule has 0 aromatic heterocycles. The van der Waals surface area contributed by atoms with Gasteiger partial charge in [-0.25, -0.2) is 0 Å². The lowest BCUT2D eigenvalue weighted by atomic mass is 9.84. The molecule has 4 atom stereocenters. The lowest BCUT2D eigenvalue weighted by Gasteiger charge is -2.28. The Morgan fingerprint density at radius 1 is 1.15 bits per heavy atom. The normalized spacial score (nSPS) is 31.2. The van der Waals surface area contributed by atoms with Gasteiger partial charge in [-0.1, -0.05) is 15.9 Å². The van der Waals surface area contributed by atoms with Gasteiger partial charge in [-0.3, -0.25) is 9.59 Å². The first-order valence-corrected chi connectivity index (χ1v) is 7.65. The number of carbonyl (C=O) groups is 2. The molecular weight excluding hydrogens is 322 g/mol. The van der Waals surface area contributed by atoms with Crippen LogP contribution in [0.25, 0.3) is 0 Å². The maximum Gasteiger partial charge on any atom is 0.308 e. The first kappa shape index (κ1) is 13.6. The van der Waals surface area contributed by atoms with Gasteiger partial charge in [0.25, 0.3) is 5.91 Å². The number of carboxylic acids is 1. The van der Waals surface area contributed by atoms with Crippen molar-refractivity contribution < 1.29 is 14.7 Å². The average Bonchev–Trinajstić information content (AvgIpc) is 3.00. The number of rotatable bonds is 3. The smallest absolute Gasteiger partial charge is 0.308 e. The van der Waals surface area contributed by atoms with Crippen LogP contribution in [-0.2, 0) is 4.79 Å². The third-order valence-electron chi connectivity index (χ3n) is 4.61. The number of aliphatic carboxylic acids is 1. The zero-order valence-electron chi connectivity index (χ0n) is 10.9. The quantitative estimate of drug-likeness (QED) is 0.891. The van der Waals surface area contributed by atoms with Crippen molar-refractivity contribution >= 4 is 27.8 Å². The zero-order chi connectivity index (χ0) is 14.3. The Balaban J connectivity index is 1.75. The van der Waals surface area contributed by atoms with E-state index in [4.69, 9.17) is 0 Å². The molecule has 1 amide bonds. The summed E-state index contributed by atoms with van der Waals surface area (Å²) in [6.45, 7) is 0. The van der Waals surface area contributed by atoms with Crippen LogP contribution < -0.4 is 5.32 Å². The Morgan fingerprint density at radius 2 is 1.80 bits per heavy atom. The van der Waals surface area contributed by atoms with E-state index < -0.39 is 11.9 Å². The van der Waals surface area contributed by atoms with Gasteiger partial charge in [0.2, 0.25) is 0 Å². The van der Waals surface area contributed by atoms with E-state index in [2.05, 4.69) is 21.2 Å². The van der Waals surface area contributed by atoms with E-state index in [0.29, 0.717) is 11.5 Å². The Morgan fingerprint density at radius 3 is 2.45 bits per heavy atom. The zero-order valence-corrected chi connectivity index (χ0v) is 12.5. The lowest BCUT2D eigenvalue weighted by molar-refractivity contribution is -0.144. The van der Waals surface area contributed by atoms with E-state index in [9.17, 15) is 14.7 Å². The van der Waals surface area contributed by atoms with Crippen LogP contribution in [0.5, 0.6) is 0 Å². The van der Waals surface area contributed by atoms with Crippen molar-refractivity contribution in [3.63, 3.8) is 0 Å². The standard InChI is InChI=1S/C15H16BrNO3/c16-11-5-3-8(4-6-11)14(18)17-13-10-2-1-9(7-10)12(13)15(19)20/h3-6,9-10,12-13H,1-2,7H2,(H,17,18)(H,19,20). The second-order valence-electron chi connectivity index (χ2n) is 5.70. The minimum absolute atomic E-state index is 0.179. The molecule has 2 fully saturated rings. The fraction of sp³-hybridized carbons (Fsp3) is 0.467. The molecule has 2 saturated carbocycles. The average molecular weight is 338 g/mol. The summed E-state index contributed by atoms with van der Waals surface area (Å²) in [6.07, 6.45) is 2.94. The van der Waals surface area contributed by atoms with E-state index in [1.807, 2.05) is 12.1 Å². The molecule has 106 valence electrons. The Bertz CT molecular complexity index is 543. The lowest BCUT2D eigenvalue weighted by Crippen LogP contribution is -2.46. The van der Waals surface area contributed by atoms with Crippen molar-refractivity contribution in [2.24, 2.45) is 17.8 Å². The van der Waals surface area contributed by atoms with Crippen LogP contribution in [0.4, 0.5) is 0 Å². The summed E-state index contributed by atoms with van der Waals surface area (Å²) in [4.78, 5) is 23.6. The van der Waals surface area contributed by atoms with Crippen molar-refractivity contribution in [3.05, 3.63) is 34.3 Å². The number of nitrogens with one attached hydrogen (secondary N) is 1. The molecule has 3 rings (SSSR count). The molecule has 0 radical (unpaired) electrons. The first-order valence-electron chi connectivity index (χ1n) is 6.85. The third-order valence-corrected chi connectivity index (χ3v) is 5.13. The topological polar surface area (TPSA) is 66.4 Å². The van der Waals surface area contributed by atoms with Gasteiger partial charge < -0.3 is 10.4 Å². The van der Waals surface area contributed by atoms with Crippen LogP contribution in [0.3, 0.4) is 0 Å². The number of carbonyl (C=O) groups excluding carboxylic acids is 1. The number of benzene rings is 1. The molecule has 0 saturated heterocycles. The van der Waals surface area contributed by atoms with Crippen molar-refractivity contribution in [1.29, 1.82) is 0 Å². The molecule has 0 aliphatic heterocycles. The molecule has 20 heavy (non-hydrogen) atoms. The molecular formula is C15H16BrNO3. The highest BCUT2D eigenvalue weighted by atomic mass is 79.9. The van der Waals surface area contributed by atoms with Crippen molar-refractivity contribution in [1.82, 2.24) is 5.32 Å². The van der Waals surface area contributed by atoms with Gasteiger partial charge in [-0.05, 0) is 55.4 Å². The molecule has 2 N–H and O–H groups in total. The van der Waals surface area contributed by atoms with E-state index in [-0.39, 0.29) is 17.9 Å². The van der Waals surface area contributed by atoms with Crippen molar-refractivity contribution in [2.75, 3.05) is 0 Å². The first-order chi connectivity index (χ1) is 9.56. The van der Waals surface area contributed by atoms with E-state index in [1.165, 1.54) is 0 Å². The maximum atomic E-state index is 12.2. The molecule has 5 heteroatoms. The van der Waals surface area contributed by atoms with Crippen molar-refractivity contribution in [3.8, 4) is 0 Å². The fourth-order valence-electron chi connectivity index (χ4n) is 3.69. The minimum atomic E-state index is -0.779. The summed E-state index contributed by atoms with van der Waals surface area (Å²) in [7, 11) is 0. The van der Waals surface area contributed by atoms with Gasteiger partial charge in [0, 0.05) is 16.1 Å². The number of halogens is 1. The molecule has 4 unspecified atom stereocenters. The molecule has 2 aliphatic rings. The molecule has 4 nitrogen and oxygen atoms in total. The second-order valence-corrected chi connectivity index (χ2v) is 6.62. The summed E-state index contributed by atoms with van der Waals surface area (Å²) in [5, 5.41) is 12.3. The third kappa shape index (κ3) is 2.35. The number of amides is 1. The Hall–Kier alpha value is -1.36. The molecule has 0 spiro atoms. The largest absolute Gasteiger partial charge is 0.481 e. The summed E-state index contributed by atoms with van der Waals surface area (Å²) < 4.78 is 0.914. The summed E-state index contributed by atoms with van der Waals surface area (Å²) >= 11 is 3.33. The van der Waals surface area contributed by atoms with Crippen LogP contribution in [0.2, 0.25) is 0 Å². The number of fused-ring (bicyclic) bond motifs is 2. The van der Waals surface area contributed by atoms with Gasteiger partial charge >= 0.3 is 5.97 Å². The van der Waals surface area contributed by atoms with Crippen LogP contribution >= 0.6 is 15.9 Å².